The van der Waals surface area contributed by atoms with Crippen LogP contribution >= 0.6 is 23.2 Å². The smallest absolute Gasteiger partial charge is 0.257 e. The van der Waals surface area contributed by atoms with Crippen molar-refractivity contribution in [3.05, 3.63) is 64.7 Å². The van der Waals surface area contributed by atoms with Crippen molar-refractivity contribution in [2.45, 2.75) is 0 Å². The molecule has 0 aliphatic heterocycles. The molecule has 1 N–H and O–H groups in total. The second-order valence-electron chi connectivity index (χ2n) is 4.22. The lowest BCUT2D eigenvalue weighted by molar-refractivity contribution is 0.102. The Morgan fingerprint density at radius 1 is 1.20 bits per heavy atom. The average molecular weight is 306 g/mol. The van der Waals surface area contributed by atoms with Crippen molar-refractivity contribution >= 4 is 40.3 Å². The van der Waals surface area contributed by atoms with Crippen molar-refractivity contribution < 1.29 is 4.79 Å². The maximum absolute atomic E-state index is 12.2. The summed E-state index contributed by atoms with van der Waals surface area (Å²) in [6.45, 7) is 0. The molecule has 0 fully saturated rings. The fourth-order valence-corrected chi connectivity index (χ4v) is 2.30. The summed E-state index contributed by atoms with van der Waals surface area (Å²) in [5.41, 5.74) is 1.96. The van der Waals surface area contributed by atoms with Gasteiger partial charge in [-0.15, -0.1) is 0 Å². The number of halogens is 2. The van der Waals surface area contributed by atoms with Crippen LogP contribution in [0.3, 0.4) is 0 Å². The Morgan fingerprint density at radius 2 is 2.05 bits per heavy atom. The van der Waals surface area contributed by atoms with Crippen LogP contribution in [0, 0.1) is 0 Å². The number of aromatic nitrogens is 2. The molecule has 0 bridgehead atoms. The lowest BCUT2D eigenvalue weighted by Crippen LogP contribution is -2.12. The van der Waals surface area contributed by atoms with Gasteiger partial charge in [0.15, 0.2) is 0 Å². The van der Waals surface area contributed by atoms with Gasteiger partial charge in [0.25, 0.3) is 5.91 Å². The van der Waals surface area contributed by atoms with Crippen LogP contribution in [0.25, 0.3) is 5.52 Å². The molecule has 0 aliphatic rings. The average Bonchev–Trinajstić information content (AvgIpc) is 2.89. The molecule has 0 saturated heterocycles. The zero-order valence-corrected chi connectivity index (χ0v) is 11.7. The third-order valence-electron chi connectivity index (χ3n) is 2.85. The van der Waals surface area contributed by atoms with Crippen molar-refractivity contribution in [1.82, 2.24) is 9.38 Å². The Balaban J connectivity index is 1.88. The van der Waals surface area contributed by atoms with Gasteiger partial charge in [-0.05, 0) is 30.3 Å². The molecular formula is C14H9Cl2N3O. The van der Waals surface area contributed by atoms with Gasteiger partial charge in [-0.25, -0.2) is 4.98 Å². The molecule has 6 heteroatoms. The molecule has 0 atom stereocenters. The Bertz CT molecular complexity index is 798. The summed E-state index contributed by atoms with van der Waals surface area (Å²) in [6.07, 6.45) is 5.07. The predicted octanol–water partition coefficient (Wildman–Crippen LogP) is 3.89. The van der Waals surface area contributed by atoms with Gasteiger partial charge in [-0.3, -0.25) is 4.79 Å². The largest absolute Gasteiger partial charge is 0.321 e. The van der Waals surface area contributed by atoms with E-state index in [0.29, 0.717) is 21.3 Å². The van der Waals surface area contributed by atoms with Gasteiger partial charge in [-0.1, -0.05) is 23.2 Å². The highest BCUT2D eigenvalue weighted by Gasteiger charge is 2.09. The van der Waals surface area contributed by atoms with E-state index in [9.17, 15) is 4.79 Å². The SMILES string of the molecule is O=C(Nc1ccc(Cl)cc1Cl)c1ccc2cncn2c1. The molecule has 0 spiro atoms. The van der Waals surface area contributed by atoms with Gasteiger partial charge in [0.2, 0.25) is 0 Å². The molecule has 4 nitrogen and oxygen atoms in total. The lowest BCUT2D eigenvalue weighted by atomic mass is 10.2. The van der Waals surface area contributed by atoms with E-state index >= 15 is 0 Å². The van der Waals surface area contributed by atoms with Crippen LogP contribution in [0.4, 0.5) is 5.69 Å². The molecular weight excluding hydrogens is 297 g/mol. The number of carbonyl (C=O) groups excluding carboxylic acids is 1. The van der Waals surface area contributed by atoms with Gasteiger partial charge in [-0.2, -0.15) is 0 Å². The molecule has 2 aromatic heterocycles. The fourth-order valence-electron chi connectivity index (χ4n) is 1.84. The Labute approximate surface area is 125 Å². The summed E-state index contributed by atoms with van der Waals surface area (Å²) in [4.78, 5) is 16.2. The maximum Gasteiger partial charge on any atom is 0.257 e. The molecule has 3 rings (SSSR count). The number of hydrogen-bond acceptors (Lipinski definition) is 2. The van der Waals surface area contributed by atoms with Gasteiger partial charge in [0.05, 0.1) is 34.3 Å². The minimum atomic E-state index is -0.246. The summed E-state index contributed by atoms with van der Waals surface area (Å²) in [5.74, 6) is -0.246. The first kappa shape index (κ1) is 13.0. The minimum Gasteiger partial charge on any atom is -0.321 e. The van der Waals surface area contributed by atoms with E-state index in [1.54, 1.807) is 47.4 Å². The van der Waals surface area contributed by atoms with Gasteiger partial charge >= 0.3 is 0 Å². The molecule has 0 unspecified atom stereocenters. The van der Waals surface area contributed by atoms with Crippen molar-refractivity contribution in [2.24, 2.45) is 0 Å². The van der Waals surface area contributed by atoms with E-state index in [-0.39, 0.29) is 5.91 Å². The predicted molar refractivity (Wildman–Crippen MR) is 79.6 cm³/mol. The van der Waals surface area contributed by atoms with Crippen LogP contribution < -0.4 is 5.32 Å². The standard InChI is InChI=1S/C14H9Cl2N3O/c15-10-2-4-13(12(16)5-10)18-14(20)9-1-3-11-6-17-8-19(11)7-9/h1-8H,(H,18,20). The Kier molecular flexibility index (Phi) is 3.34. The lowest BCUT2D eigenvalue weighted by Gasteiger charge is -2.08. The number of nitrogens with zero attached hydrogens (tertiary/aromatic N) is 2. The summed E-state index contributed by atoms with van der Waals surface area (Å²) in [5, 5.41) is 3.67. The number of anilines is 1. The van der Waals surface area contributed by atoms with Crippen LogP contribution in [0.2, 0.25) is 10.0 Å². The van der Waals surface area contributed by atoms with Crippen molar-refractivity contribution in [3.8, 4) is 0 Å². The summed E-state index contributed by atoms with van der Waals surface area (Å²) in [7, 11) is 0. The van der Waals surface area contributed by atoms with E-state index in [1.807, 2.05) is 6.07 Å². The number of pyridine rings is 1. The topological polar surface area (TPSA) is 46.4 Å². The van der Waals surface area contributed by atoms with E-state index in [0.717, 1.165) is 5.52 Å². The Morgan fingerprint density at radius 3 is 2.85 bits per heavy atom. The quantitative estimate of drug-likeness (QED) is 0.780. The minimum absolute atomic E-state index is 0.246. The van der Waals surface area contributed by atoms with Crippen LogP contribution in [0.15, 0.2) is 49.1 Å². The Hall–Kier alpha value is -2.04. The van der Waals surface area contributed by atoms with Crippen molar-refractivity contribution in [3.63, 3.8) is 0 Å². The molecule has 100 valence electrons. The van der Waals surface area contributed by atoms with Crippen LogP contribution in [-0.4, -0.2) is 15.3 Å². The van der Waals surface area contributed by atoms with E-state index in [4.69, 9.17) is 23.2 Å². The highest BCUT2D eigenvalue weighted by Crippen LogP contribution is 2.25. The number of hydrogen-bond donors (Lipinski definition) is 1. The zero-order valence-electron chi connectivity index (χ0n) is 10.2. The van der Waals surface area contributed by atoms with Gasteiger partial charge in [0.1, 0.15) is 0 Å². The number of nitrogens with one attached hydrogen (secondary N) is 1. The molecule has 1 aromatic carbocycles. The van der Waals surface area contributed by atoms with E-state index in [2.05, 4.69) is 10.3 Å². The number of amides is 1. The van der Waals surface area contributed by atoms with Crippen LogP contribution in [0.5, 0.6) is 0 Å². The third kappa shape index (κ3) is 2.48. The highest BCUT2D eigenvalue weighted by atomic mass is 35.5. The number of carbonyl (C=O) groups is 1. The number of fused-ring (bicyclic) bond motifs is 1. The normalized spacial score (nSPS) is 10.7. The molecule has 3 aromatic rings. The van der Waals surface area contributed by atoms with Crippen molar-refractivity contribution in [1.29, 1.82) is 0 Å². The van der Waals surface area contributed by atoms with Gasteiger partial charge < -0.3 is 9.72 Å². The van der Waals surface area contributed by atoms with Crippen LogP contribution in [0.1, 0.15) is 10.4 Å². The number of imidazole rings is 1. The summed E-state index contributed by atoms with van der Waals surface area (Å²) in [6, 6.07) is 8.47. The second kappa shape index (κ2) is 5.15. The molecule has 2 heterocycles. The van der Waals surface area contributed by atoms with Crippen molar-refractivity contribution in [2.75, 3.05) is 5.32 Å². The van der Waals surface area contributed by atoms with Gasteiger partial charge in [0, 0.05) is 11.2 Å². The maximum atomic E-state index is 12.2. The monoisotopic (exact) mass is 305 g/mol. The van der Waals surface area contributed by atoms with E-state index in [1.165, 1.54) is 0 Å². The molecule has 0 aliphatic carbocycles. The van der Waals surface area contributed by atoms with Crippen LogP contribution in [-0.2, 0) is 0 Å². The second-order valence-corrected chi connectivity index (χ2v) is 5.07. The molecule has 0 saturated carbocycles. The fraction of sp³-hybridized carbons (Fsp3) is 0. The molecule has 0 radical (unpaired) electrons. The molecule has 20 heavy (non-hydrogen) atoms. The zero-order chi connectivity index (χ0) is 14.1. The third-order valence-corrected chi connectivity index (χ3v) is 3.40. The summed E-state index contributed by atoms with van der Waals surface area (Å²) >= 11 is 11.8. The first-order valence-corrected chi connectivity index (χ1v) is 6.57. The number of rotatable bonds is 2. The first-order valence-electron chi connectivity index (χ1n) is 5.81. The summed E-state index contributed by atoms with van der Waals surface area (Å²) < 4.78 is 1.78. The number of benzene rings is 1. The first-order chi connectivity index (χ1) is 9.63. The molecule has 1 amide bonds. The van der Waals surface area contributed by atoms with E-state index < -0.39 is 0 Å². The highest BCUT2D eigenvalue weighted by molar-refractivity contribution is 6.36.